The molecule has 0 radical (unpaired) electrons. The number of fused-ring (bicyclic) bond motifs is 1. The summed E-state index contributed by atoms with van der Waals surface area (Å²) in [5.41, 5.74) is 4.78. The van der Waals surface area contributed by atoms with Gasteiger partial charge in [0.05, 0.1) is 23.1 Å². The molecule has 0 aliphatic carbocycles. The van der Waals surface area contributed by atoms with Crippen molar-refractivity contribution in [3.63, 3.8) is 0 Å². The lowest BCUT2D eigenvalue weighted by Gasteiger charge is -2.24. The predicted octanol–water partition coefficient (Wildman–Crippen LogP) is 7.58. The Kier molecular flexibility index (Phi) is 7.28. The molecule has 5 aromatic rings. The van der Waals surface area contributed by atoms with Gasteiger partial charge in [-0.15, -0.1) is 0 Å². The van der Waals surface area contributed by atoms with Crippen LogP contribution in [0.4, 0.5) is 0 Å². The van der Waals surface area contributed by atoms with E-state index in [4.69, 9.17) is 0 Å². The van der Waals surface area contributed by atoms with Crippen LogP contribution >= 0.6 is 15.9 Å². The minimum Gasteiger partial charge on any atom is -0.330 e. The first kappa shape index (κ1) is 24.0. The van der Waals surface area contributed by atoms with Crippen LogP contribution in [0, 0.1) is 0 Å². The van der Waals surface area contributed by atoms with Crippen molar-refractivity contribution in [2.45, 2.75) is 32.9 Å². The van der Waals surface area contributed by atoms with E-state index in [0.29, 0.717) is 18.7 Å². The van der Waals surface area contributed by atoms with E-state index in [-0.39, 0.29) is 5.91 Å². The predicted molar refractivity (Wildman–Crippen MR) is 149 cm³/mol. The minimum atomic E-state index is -0.00109. The van der Waals surface area contributed by atoms with Crippen molar-refractivity contribution in [1.82, 2.24) is 14.7 Å². The van der Waals surface area contributed by atoms with Crippen LogP contribution in [0.1, 0.15) is 40.5 Å². The molecule has 4 nitrogen and oxygen atoms in total. The lowest BCUT2D eigenvalue weighted by molar-refractivity contribution is 0.0729. The number of aromatic nitrogens is 2. The molecule has 0 saturated carbocycles. The summed E-state index contributed by atoms with van der Waals surface area (Å²) in [6, 6.07) is 32.8. The van der Waals surface area contributed by atoms with Crippen molar-refractivity contribution in [2.75, 3.05) is 0 Å². The number of hydrogen-bond acceptors (Lipinski definition) is 2. The maximum absolute atomic E-state index is 14.1. The molecule has 1 aromatic heterocycles. The van der Waals surface area contributed by atoms with E-state index in [2.05, 4.69) is 64.4 Å². The van der Waals surface area contributed by atoms with Gasteiger partial charge in [-0.25, -0.2) is 4.68 Å². The Bertz CT molecular complexity index is 1480. The molecular formula is C31H28BrN3O. The summed E-state index contributed by atoms with van der Waals surface area (Å²) in [5.74, 6) is -0.00109. The van der Waals surface area contributed by atoms with Gasteiger partial charge >= 0.3 is 0 Å². The molecule has 0 unspecified atom stereocenters. The van der Waals surface area contributed by atoms with Crippen molar-refractivity contribution >= 4 is 32.6 Å². The summed E-state index contributed by atoms with van der Waals surface area (Å²) in [6.45, 7) is 3.17. The number of halogens is 1. The van der Waals surface area contributed by atoms with Crippen molar-refractivity contribution in [3.8, 4) is 5.69 Å². The molecule has 0 saturated heterocycles. The second-order valence-electron chi connectivity index (χ2n) is 8.94. The molecule has 0 spiro atoms. The highest BCUT2D eigenvalue weighted by molar-refractivity contribution is 9.10. The number of nitrogens with zero attached hydrogens (tertiary/aromatic N) is 3. The third kappa shape index (κ3) is 5.12. The molecule has 1 amide bonds. The molecule has 0 fully saturated rings. The number of carbonyl (C=O) groups is 1. The first-order chi connectivity index (χ1) is 17.6. The van der Waals surface area contributed by atoms with E-state index < -0.39 is 0 Å². The van der Waals surface area contributed by atoms with Gasteiger partial charge in [0.1, 0.15) is 0 Å². The first-order valence-electron chi connectivity index (χ1n) is 12.3. The summed E-state index contributed by atoms with van der Waals surface area (Å²) in [7, 11) is 0. The van der Waals surface area contributed by atoms with Crippen LogP contribution in [0.2, 0.25) is 0 Å². The number of amides is 1. The third-order valence-corrected chi connectivity index (χ3v) is 7.05. The van der Waals surface area contributed by atoms with E-state index in [1.807, 2.05) is 70.2 Å². The van der Waals surface area contributed by atoms with Gasteiger partial charge in [-0.2, -0.15) is 5.10 Å². The average Bonchev–Trinajstić information content (AvgIpc) is 3.33. The van der Waals surface area contributed by atoms with Crippen LogP contribution in [-0.2, 0) is 19.5 Å². The minimum absolute atomic E-state index is 0.00109. The second kappa shape index (κ2) is 10.9. The van der Waals surface area contributed by atoms with Gasteiger partial charge in [0, 0.05) is 17.6 Å². The Morgan fingerprint density at radius 1 is 0.861 bits per heavy atom. The number of hydrogen-bond donors (Lipinski definition) is 0. The molecule has 5 rings (SSSR count). The van der Waals surface area contributed by atoms with Crippen LogP contribution in [0.5, 0.6) is 0 Å². The molecule has 36 heavy (non-hydrogen) atoms. The van der Waals surface area contributed by atoms with Gasteiger partial charge in [-0.3, -0.25) is 4.79 Å². The van der Waals surface area contributed by atoms with Crippen LogP contribution in [0.3, 0.4) is 0 Å². The molecule has 0 N–H and O–H groups in total. The molecule has 180 valence electrons. The van der Waals surface area contributed by atoms with Gasteiger partial charge in [0.15, 0.2) is 0 Å². The zero-order valence-electron chi connectivity index (χ0n) is 20.3. The highest BCUT2D eigenvalue weighted by Crippen LogP contribution is 2.26. The summed E-state index contributed by atoms with van der Waals surface area (Å²) in [5, 5.41) is 6.95. The maximum atomic E-state index is 14.1. The highest BCUT2D eigenvalue weighted by atomic mass is 79.9. The Labute approximate surface area is 220 Å². The average molecular weight is 538 g/mol. The normalized spacial score (nSPS) is 11.1. The van der Waals surface area contributed by atoms with Gasteiger partial charge in [-0.05, 0) is 52.6 Å². The molecule has 0 atom stereocenters. The molecule has 0 aliphatic heterocycles. The molecule has 0 bridgehead atoms. The van der Waals surface area contributed by atoms with E-state index in [1.54, 1.807) is 6.20 Å². The van der Waals surface area contributed by atoms with Crippen LogP contribution in [-0.4, -0.2) is 20.6 Å². The second-order valence-corrected chi connectivity index (χ2v) is 9.80. The summed E-state index contributed by atoms with van der Waals surface area (Å²) in [6.07, 6.45) is 3.44. The topological polar surface area (TPSA) is 38.1 Å². The maximum Gasteiger partial charge on any atom is 0.257 e. The van der Waals surface area contributed by atoms with Gasteiger partial charge < -0.3 is 4.90 Å². The van der Waals surface area contributed by atoms with Crippen molar-refractivity contribution in [3.05, 3.63) is 130 Å². The summed E-state index contributed by atoms with van der Waals surface area (Å²) >= 11 is 3.64. The fourth-order valence-corrected chi connectivity index (χ4v) is 5.12. The standard InChI is InChI=1S/C31H28BrN3O/c1-2-10-30-28(20-33-35(30)26-14-7-4-8-15-26)31(36)34(21-23-11-5-3-6-12-23)22-24-17-18-27-25(19-24)13-9-16-29(27)32/h3-9,11-20H,2,10,21-22H2,1H3. The largest absolute Gasteiger partial charge is 0.330 e. The lowest BCUT2D eigenvalue weighted by atomic mass is 10.1. The van der Waals surface area contributed by atoms with Crippen molar-refractivity contribution in [1.29, 1.82) is 0 Å². The van der Waals surface area contributed by atoms with E-state index in [0.717, 1.165) is 50.6 Å². The molecule has 0 aliphatic rings. The van der Waals surface area contributed by atoms with Crippen LogP contribution in [0.15, 0.2) is 108 Å². The van der Waals surface area contributed by atoms with Gasteiger partial charge in [-0.1, -0.05) is 102 Å². The van der Waals surface area contributed by atoms with Crippen molar-refractivity contribution in [2.24, 2.45) is 0 Å². The smallest absolute Gasteiger partial charge is 0.257 e. The molecular weight excluding hydrogens is 510 g/mol. The lowest BCUT2D eigenvalue weighted by Crippen LogP contribution is -2.30. The van der Waals surface area contributed by atoms with E-state index >= 15 is 0 Å². The number of carbonyl (C=O) groups excluding carboxylic acids is 1. The molecule has 5 heteroatoms. The van der Waals surface area contributed by atoms with Gasteiger partial charge in [0.2, 0.25) is 0 Å². The number of benzene rings is 4. The quantitative estimate of drug-likeness (QED) is 0.204. The van der Waals surface area contributed by atoms with Crippen LogP contribution in [0.25, 0.3) is 16.5 Å². The highest BCUT2D eigenvalue weighted by Gasteiger charge is 2.23. The SMILES string of the molecule is CCCc1c(C(=O)N(Cc2ccccc2)Cc2ccc3c(Br)cccc3c2)cnn1-c1ccccc1. The molecule has 4 aromatic carbocycles. The van der Waals surface area contributed by atoms with Crippen LogP contribution < -0.4 is 0 Å². The zero-order valence-corrected chi connectivity index (χ0v) is 21.9. The van der Waals surface area contributed by atoms with Crippen molar-refractivity contribution < 1.29 is 4.79 Å². The summed E-state index contributed by atoms with van der Waals surface area (Å²) in [4.78, 5) is 16.0. The first-order valence-corrected chi connectivity index (χ1v) is 13.1. The third-order valence-electron chi connectivity index (χ3n) is 6.36. The Hall–Kier alpha value is -3.70. The fourth-order valence-electron chi connectivity index (χ4n) is 4.61. The van der Waals surface area contributed by atoms with E-state index in [1.165, 1.54) is 0 Å². The number of para-hydroxylation sites is 1. The van der Waals surface area contributed by atoms with Gasteiger partial charge in [0.25, 0.3) is 5.91 Å². The summed E-state index contributed by atoms with van der Waals surface area (Å²) < 4.78 is 2.98. The fraction of sp³-hybridized carbons (Fsp3) is 0.161. The Morgan fingerprint density at radius 2 is 1.58 bits per heavy atom. The van der Waals surface area contributed by atoms with E-state index in [9.17, 15) is 4.79 Å². The monoisotopic (exact) mass is 537 g/mol. The Morgan fingerprint density at radius 3 is 2.33 bits per heavy atom. The Balaban J connectivity index is 1.52. The molecule has 1 heterocycles. The zero-order chi connectivity index (χ0) is 24.9. The number of rotatable bonds is 8.